The van der Waals surface area contributed by atoms with Gasteiger partial charge in [0.2, 0.25) is 0 Å². The molecule has 0 bridgehead atoms. The van der Waals surface area contributed by atoms with Crippen LogP contribution in [0, 0.1) is 0 Å². The van der Waals surface area contributed by atoms with Gasteiger partial charge in [0.05, 0.1) is 20.8 Å². The molecule has 0 aliphatic rings. The summed E-state index contributed by atoms with van der Waals surface area (Å²) < 4.78 is 2.29. The van der Waals surface area contributed by atoms with Crippen LogP contribution in [0.4, 0.5) is 11.4 Å². The SMILES string of the molecule is Nc1ccc(N)c2ssc12. The van der Waals surface area contributed by atoms with Gasteiger partial charge in [-0.05, 0) is 12.1 Å². The first kappa shape index (κ1) is 6.00. The van der Waals surface area contributed by atoms with Crippen molar-refractivity contribution in [3.05, 3.63) is 12.1 Å². The number of nitrogen functional groups attached to an aromatic ring is 2. The van der Waals surface area contributed by atoms with Gasteiger partial charge in [0.15, 0.2) is 0 Å². The van der Waals surface area contributed by atoms with E-state index in [4.69, 9.17) is 11.5 Å². The molecule has 0 amide bonds. The number of rotatable bonds is 0. The van der Waals surface area contributed by atoms with Crippen molar-refractivity contribution < 1.29 is 0 Å². The summed E-state index contributed by atoms with van der Waals surface area (Å²) in [5.41, 5.74) is 13.0. The van der Waals surface area contributed by atoms with Crippen molar-refractivity contribution in [1.82, 2.24) is 0 Å². The molecule has 4 N–H and O–H groups in total. The van der Waals surface area contributed by atoms with E-state index in [1.807, 2.05) is 12.1 Å². The first-order chi connectivity index (χ1) is 4.79. The van der Waals surface area contributed by atoms with Crippen molar-refractivity contribution in [3.63, 3.8) is 0 Å². The van der Waals surface area contributed by atoms with Gasteiger partial charge >= 0.3 is 0 Å². The Morgan fingerprint density at radius 3 is 1.60 bits per heavy atom. The monoisotopic (exact) mass is 170 g/mol. The molecule has 2 rings (SSSR count). The Kier molecular flexibility index (Phi) is 1.12. The fraction of sp³-hybridized carbons (Fsp3) is 0. The largest absolute Gasteiger partial charge is 0.398 e. The highest BCUT2D eigenvalue weighted by Crippen LogP contribution is 2.39. The van der Waals surface area contributed by atoms with Gasteiger partial charge < -0.3 is 11.5 Å². The van der Waals surface area contributed by atoms with Crippen LogP contribution in [0.25, 0.3) is 9.40 Å². The second-order valence-corrected chi connectivity index (χ2v) is 4.22. The average molecular weight is 170 g/mol. The minimum Gasteiger partial charge on any atom is -0.398 e. The number of hydrogen-bond acceptors (Lipinski definition) is 4. The number of benzene rings is 1. The van der Waals surface area contributed by atoms with Gasteiger partial charge in [-0.2, -0.15) is 0 Å². The summed E-state index contributed by atoms with van der Waals surface area (Å²) in [6.45, 7) is 0. The highest BCUT2D eigenvalue weighted by molar-refractivity contribution is 7.78. The predicted molar refractivity (Wildman–Crippen MR) is 48.5 cm³/mol. The van der Waals surface area contributed by atoms with Crippen LogP contribution in [-0.4, -0.2) is 0 Å². The van der Waals surface area contributed by atoms with E-state index in [2.05, 4.69) is 0 Å². The summed E-state index contributed by atoms with van der Waals surface area (Å²) in [6.07, 6.45) is 0. The normalized spacial score (nSPS) is 10.8. The molecule has 0 saturated carbocycles. The molecule has 0 unspecified atom stereocenters. The zero-order chi connectivity index (χ0) is 7.14. The standard InChI is InChI=1S/C6H6N2S2/c7-3-1-2-4(8)6-5(3)9-10-6/h1-2H,7-8H2. The lowest BCUT2D eigenvalue weighted by Crippen LogP contribution is -1.90. The molecule has 0 radical (unpaired) electrons. The molecule has 2 aromatic rings. The lowest BCUT2D eigenvalue weighted by molar-refractivity contribution is 1.79. The molecule has 0 fully saturated rings. The van der Waals surface area contributed by atoms with Crippen LogP contribution in [-0.2, 0) is 0 Å². The number of nitrogens with two attached hydrogens (primary N) is 2. The summed E-state index contributed by atoms with van der Waals surface area (Å²) in [6, 6.07) is 3.70. The minimum absolute atomic E-state index is 0.841. The maximum absolute atomic E-state index is 5.65. The molecule has 0 aliphatic heterocycles. The van der Waals surface area contributed by atoms with Crippen molar-refractivity contribution in [2.24, 2.45) is 0 Å². The third kappa shape index (κ3) is 0.629. The molecule has 0 atom stereocenters. The Labute approximate surface area is 65.5 Å². The van der Waals surface area contributed by atoms with Crippen molar-refractivity contribution >= 4 is 41.5 Å². The Morgan fingerprint density at radius 1 is 0.900 bits per heavy atom. The van der Waals surface area contributed by atoms with Gasteiger partial charge in [0.25, 0.3) is 0 Å². The van der Waals surface area contributed by atoms with E-state index >= 15 is 0 Å². The third-order valence-corrected chi connectivity index (χ3v) is 4.06. The summed E-state index contributed by atoms with van der Waals surface area (Å²) >= 11 is 0. The van der Waals surface area contributed by atoms with Crippen LogP contribution in [0.15, 0.2) is 12.1 Å². The first-order valence-electron chi connectivity index (χ1n) is 2.81. The van der Waals surface area contributed by atoms with Gasteiger partial charge in [0.1, 0.15) is 0 Å². The van der Waals surface area contributed by atoms with Gasteiger partial charge in [-0.15, -0.1) is 0 Å². The zero-order valence-corrected chi connectivity index (χ0v) is 6.76. The van der Waals surface area contributed by atoms with E-state index in [1.54, 1.807) is 20.7 Å². The van der Waals surface area contributed by atoms with Gasteiger partial charge in [-0.3, -0.25) is 0 Å². The van der Waals surface area contributed by atoms with Crippen molar-refractivity contribution in [2.45, 2.75) is 0 Å². The lowest BCUT2D eigenvalue weighted by atomic mass is 10.3. The van der Waals surface area contributed by atoms with E-state index in [0.717, 1.165) is 20.8 Å². The fourth-order valence-corrected chi connectivity index (χ4v) is 2.96. The molecule has 1 aromatic heterocycles. The minimum atomic E-state index is 0.841. The second kappa shape index (κ2) is 1.87. The maximum atomic E-state index is 5.65. The maximum Gasteiger partial charge on any atom is 0.0808 e. The van der Waals surface area contributed by atoms with E-state index in [9.17, 15) is 0 Å². The highest BCUT2D eigenvalue weighted by Gasteiger charge is 2.05. The Balaban J connectivity index is 2.85. The summed E-state index contributed by atoms with van der Waals surface area (Å²) in [5.74, 6) is 0. The molecule has 10 heavy (non-hydrogen) atoms. The topological polar surface area (TPSA) is 52.0 Å². The van der Waals surface area contributed by atoms with E-state index < -0.39 is 0 Å². The first-order valence-corrected chi connectivity index (χ1v) is 4.96. The summed E-state index contributed by atoms with van der Waals surface area (Å²) in [5, 5.41) is 0. The average Bonchev–Trinajstić information content (AvgIpc) is 1.78. The van der Waals surface area contributed by atoms with Crippen LogP contribution < -0.4 is 11.5 Å². The smallest absolute Gasteiger partial charge is 0.0808 e. The third-order valence-electron chi connectivity index (χ3n) is 1.38. The van der Waals surface area contributed by atoms with Crippen LogP contribution in [0.3, 0.4) is 0 Å². The molecule has 1 heterocycles. The van der Waals surface area contributed by atoms with Crippen molar-refractivity contribution in [2.75, 3.05) is 11.5 Å². The quantitative estimate of drug-likeness (QED) is 0.470. The molecule has 0 saturated heterocycles. The lowest BCUT2D eigenvalue weighted by Gasteiger charge is -2.04. The predicted octanol–water partition coefficient (Wildman–Crippen LogP) is 2.13. The number of fused-ring (bicyclic) bond motifs is 1. The summed E-state index contributed by atoms with van der Waals surface area (Å²) in [4.78, 5) is 0. The van der Waals surface area contributed by atoms with Gasteiger partial charge in [-0.25, -0.2) is 0 Å². The van der Waals surface area contributed by atoms with Crippen molar-refractivity contribution in [3.8, 4) is 0 Å². The van der Waals surface area contributed by atoms with Crippen LogP contribution >= 0.6 is 20.7 Å². The Bertz CT molecular complexity index is 325. The highest BCUT2D eigenvalue weighted by atomic mass is 32.9. The Morgan fingerprint density at radius 2 is 1.30 bits per heavy atom. The second-order valence-electron chi connectivity index (χ2n) is 2.07. The van der Waals surface area contributed by atoms with E-state index in [0.29, 0.717) is 0 Å². The zero-order valence-electron chi connectivity index (χ0n) is 5.13. The van der Waals surface area contributed by atoms with Gasteiger partial charge in [0, 0.05) is 0 Å². The molecule has 0 spiro atoms. The van der Waals surface area contributed by atoms with Crippen LogP contribution in [0.5, 0.6) is 0 Å². The molecular weight excluding hydrogens is 164 g/mol. The Hall–Kier alpha value is -0.740. The summed E-state index contributed by atoms with van der Waals surface area (Å²) in [7, 11) is 3.37. The molecule has 0 aliphatic carbocycles. The van der Waals surface area contributed by atoms with Crippen LogP contribution in [0.2, 0.25) is 0 Å². The van der Waals surface area contributed by atoms with Gasteiger partial charge in [-0.1, -0.05) is 20.7 Å². The molecule has 52 valence electrons. The fourth-order valence-electron chi connectivity index (χ4n) is 0.814. The molecular formula is C6H6N2S2. The van der Waals surface area contributed by atoms with E-state index in [-0.39, 0.29) is 0 Å². The molecule has 1 aromatic carbocycles. The molecule has 2 nitrogen and oxygen atoms in total. The van der Waals surface area contributed by atoms with Crippen LogP contribution in [0.1, 0.15) is 0 Å². The van der Waals surface area contributed by atoms with Crippen molar-refractivity contribution in [1.29, 1.82) is 0 Å². The van der Waals surface area contributed by atoms with E-state index in [1.165, 1.54) is 0 Å². The number of hydrogen-bond donors (Lipinski definition) is 2. The number of anilines is 2. The molecule has 4 heteroatoms.